The summed E-state index contributed by atoms with van der Waals surface area (Å²) in [6.07, 6.45) is 7.01. The summed E-state index contributed by atoms with van der Waals surface area (Å²) in [7, 11) is 0. The van der Waals surface area contributed by atoms with Crippen molar-refractivity contribution in [2.45, 2.75) is 0 Å². The second kappa shape index (κ2) is 6.84. The Hall–Kier alpha value is -4.39. The molecule has 0 radical (unpaired) electrons. The smallest absolute Gasteiger partial charge is 0.138 e. The number of nitrogens with one attached hydrogen (secondary N) is 2. The number of halogens is 1. The minimum absolute atomic E-state index is 0.271. The molecular formula is C24H15FN6. The van der Waals surface area contributed by atoms with Gasteiger partial charge in [0, 0.05) is 34.9 Å². The molecule has 0 unspecified atom stereocenters. The SMILES string of the molecule is Fc1cccc(-c2ccnc3[nH]c(-c4n[nH]c5cnc(-c6cccnc6)cc45)cc23)c1. The molecule has 148 valence electrons. The van der Waals surface area contributed by atoms with Gasteiger partial charge in [0.05, 0.1) is 23.1 Å². The number of fused-ring (bicyclic) bond motifs is 2. The summed E-state index contributed by atoms with van der Waals surface area (Å²) in [4.78, 5) is 16.5. The number of pyridine rings is 3. The summed E-state index contributed by atoms with van der Waals surface area (Å²) in [5, 5.41) is 9.40. The lowest BCUT2D eigenvalue weighted by molar-refractivity contribution is 0.628. The second-order valence-corrected chi connectivity index (χ2v) is 7.24. The third-order valence-electron chi connectivity index (χ3n) is 5.33. The van der Waals surface area contributed by atoms with Crippen molar-refractivity contribution in [2.24, 2.45) is 0 Å². The van der Waals surface area contributed by atoms with E-state index in [4.69, 9.17) is 0 Å². The van der Waals surface area contributed by atoms with Gasteiger partial charge in [0.15, 0.2) is 0 Å². The average Bonchev–Trinajstić information content (AvgIpc) is 3.43. The summed E-state index contributed by atoms with van der Waals surface area (Å²) in [5.41, 5.74) is 6.60. The highest BCUT2D eigenvalue weighted by atomic mass is 19.1. The van der Waals surface area contributed by atoms with Crippen LogP contribution in [0.25, 0.3) is 55.7 Å². The molecule has 1 aromatic carbocycles. The van der Waals surface area contributed by atoms with Crippen molar-refractivity contribution in [1.82, 2.24) is 30.1 Å². The zero-order valence-corrected chi connectivity index (χ0v) is 16.2. The van der Waals surface area contributed by atoms with Crippen LogP contribution in [0.5, 0.6) is 0 Å². The van der Waals surface area contributed by atoms with Crippen molar-refractivity contribution in [1.29, 1.82) is 0 Å². The van der Waals surface area contributed by atoms with Gasteiger partial charge in [-0.15, -0.1) is 0 Å². The molecule has 0 fully saturated rings. The molecule has 0 saturated carbocycles. The summed E-state index contributed by atoms with van der Waals surface area (Å²) in [6.45, 7) is 0. The van der Waals surface area contributed by atoms with E-state index < -0.39 is 0 Å². The van der Waals surface area contributed by atoms with Gasteiger partial charge in [-0.1, -0.05) is 12.1 Å². The van der Waals surface area contributed by atoms with Crippen molar-refractivity contribution in [3.63, 3.8) is 0 Å². The molecule has 0 bridgehead atoms. The first-order valence-electron chi connectivity index (χ1n) is 9.75. The topological polar surface area (TPSA) is 83.1 Å². The number of benzene rings is 1. The first-order chi connectivity index (χ1) is 15.3. The van der Waals surface area contributed by atoms with Gasteiger partial charge in [0.1, 0.15) is 17.2 Å². The Morgan fingerprint density at radius 3 is 2.61 bits per heavy atom. The number of rotatable bonds is 3. The molecule has 0 aliphatic rings. The van der Waals surface area contributed by atoms with E-state index in [2.05, 4.69) is 30.1 Å². The van der Waals surface area contributed by atoms with Crippen LogP contribution in [0, 0.1) is 5.82 Å². The van der Waals surface area contributed by atoms with Gasteiger partial charge in [0.25, 0.3) is 0 Å². The Morgan fingerprint density at radius 1 is 0.806 bits per heavy atom. The molecule has 5 heterocycles. The van der Waals surface area contributed by atoms with Gasteiger partial charge >= 0.3 is 0 Å². The Balaban J connectivity index is 1.52. The number of hydrogen-bond acceptors (Lipinski definition) is 4. The molecule has 0 saturated heterocycles. The quantitative estimate of drug-likeness (QED) is 0.414. The Labute approximate surface area is 175 Å². The van der Waals surface area contributed by atoms with Crippen LogP contribution in [0.3, 0.4) is 0 Å². The molecule has 0 amide bonds. The van der Waals surface area contributed by atoms with Crippen molar-refractivity contribution in [3.05, 3.63) is 85.2 Å². The number of aromatic nitrogens is 6. The molecule has 0 spiro atoms. The van der Waals surface area contributed by atoms with Crippen LogP contribution in [0.4, 0.5) is 4.39 Å². The third kappa shape index (κ3) is 2.95. The van der Waals surface area contributed by atoms with E-state index in [1.165, 1.54) is 12.1 Å². The van der Waals surface area contributed by atoms with Crippen LogP contribution < -0.4 is 0 Å². The van der Waals surface area contributed by atoms with Gasteiger partial charge in [-0.3, -0.25) is 15.1 Å². The second-order valence-electron chi connectivity index (χ2n) is 7.24. The van der Waals surface area contributed by atoms with Crippen molar-refractivity contribution in [3.8, 4) is 33.8 Å². The van der Waals surface area contributed by atoms with Gasteiger partial charge < -0.3 is 4.98 Å². The standard InChI is InChI=1S/C24H15FN6/c25-16-5-1-3-14(9-16)17-6-8-27-24-18(17)10-21(29-24)23-19-11-20(15-4-2-7-26-12-15)28-13-22(19)30-31-23/h1-13H,(H,27,29)(H,30,31). The van der Waals surface area contributed by atoms with Crippen molar-refractivity contribution in [2.75, 3.05) is 0 Å². The van der Waals surface area contributed by atoms with E-state index >= 15 is 0 Å². The Bertz CT molecular complexity index is 1550. The molecule has 6 rings (SSSR count). The highest BCUT2D eigenvalue weighted by Crippen LogP contribution is 2.34. The maximum Gasteiger partial charge on any atom is 0.138 e. The third-order valence-corrected chi connectivity index (χ3v) is 5.33. The van der Waals surface area contributed by atoms with Crippen LogP contribution >= 0.6 is 0 Å². The van der Waals surface area contributed by atoms with E-state index in [0.29, 0.717) is 0 Å². The van der Waals surface area contributed by atoms with E-state index in [0.717, 1.165) is 55.7 Å². The highest BCUT2D eigenvalue weighted by Gasteiger charge is 2.15. The molecule has 31 heavy (non-hydrogen) atoms. The zero-order valence-electron chi connectivity index (χ0n) is 16.2. The summed E-state index contributed by atoms with van der Waals surface area (Å²) >= 11 is 0. The molecular weight excluding hydrogens is 391 g/mol. The summed E-state index contributed by atoms with van der Waals surface area (Å²) < 4.78 is 13.8. The lowest BCUT2D eigenvalue weighted by Crippen LogP contribution is -1.85. The maximum absolute atomic E-state index is 13.8. The fraction of sp³-hybridized carbons (Fsp3) is 0. The van der Waals surface area contributed by atoms with Gasteiger partial charge in [-0.25, -0.2) is 9.37 Å². The molecule has 5 aromatic heterocycles. The van der Waals surface area contributed by atoms with Crippen LogP contribution in [-0.2, 0) is 0 Å². The predicted molar refractivity (Wildman–Crippen MR) is 118 cm³/mol. The molecule has 0 atom stereocenters. The van der Waals surface area contributed by atoms with Gasteiger partial charge in [0.2, 0.25) is 0 Å². The predicted octanol–water partition coefficient (Wildman–Crippen LogP) is 5.37. The molecule has 0 aliphatic carbocycles. The Morgan fingerprint density at radius 2 is 1.74 bits per heavy atom. The fourth-order valence-electron chi connectivity index (χ4n) is 3.86. The van der Waals surface area contributed by atoms with Crippen LogP contribution in [-0.4, -0.2) is 30.1 Å². The minimum Gasteiger partial charge on any atom is -0.338 e. The number of aromatic amines is 2. The van der Waals surface area contributed by atoms with E-state index in [-0.39, 0.29) is 5.82 Å². The number of H-pyrrole nitrogens is 2. The first-order valence-corrected chi connectivity index (χ1v) is 9.75. The van der Waals surface area contributed by atoms with Crippen molar-refractivity contribution < 1.29 is 4.39 Å². The molecule has 0 aliphatic heterocycles. The van der Waals surface area contributed by atoms with Crippen LogP contribution in [0.1, 0.15) is 0 Å². The molecule has 2 N–H and O–H groups in total. The summed E-state index contributed by atoms with van der Waals surface area (Å²) in [6, 6.07) is 16.3. The average molecular weight is 406 g/mol. The van der Waals surface area contributed by atoms with E-state index in [1.54, 1.807) is 30.9 Å². The molecule has 7 heteroatoms. The van der Waals surface area contributed by atoms with Crippen LogP contribution in [0.2, 0.25) is 0 Å². The number of hydrogen-bond donors (Lipinski definition) is 2. The van der Waals surface area contributed by atoms with E-state index in [1.807, 2.05) is 36.4 Å². The lowest BCUT2D eigenvalue weighted by atomic mass is 10.0. The summed E-state index contributed by atoms with van der Waals surface area (Å²) in [5.74, 6) is -0.271. The normalized spacial score (nSPS) is 11.4. The highest BCUT2D eigenvalue weighted by molar-refractivity contribution is 6.00. The Kier molecular flexibility index (Phi) is 3.86. The zero-order chi connectivity index (χ0) is 20.8. The lowest BCUT2D eigenvalue weighted by Gasteiger charge is -2.02. The maximum atomic E-state index is 13.8. The fourth-order valence-corrected chi connectivity index (χ4v) is 3.86. The van der Waals surface area contributed by atoms with Crippen molar-refractivity contribution >= 4 is 21.9 Å². The van der Waals surface area contributed by atoms with Gasteiger partial charge in [-0.05, 0) is 53.6 Å². The monoisotopic (exact) mass is 406 g/mol. The number of nitrogens with zero attached hydrogens (tertiary/aromatic N) is 4. The molecule has 6 nitrogen and oxygen atoms in total. The molecule has 6 aromatic rings. The van der Waals surface area contributed by atoms with Gasteiger partial charge in [-0.2, -0.15) is 5.10 Å². The van der Waals surface area contributed by atoms with Crippen LogP contribution in [0.15, 0.2) is 79.4 Å². The first kappa shape index (κ1) is 17.5. The minimum atomic E-state index is -0.271. The largest absolute Gasteiger partial charge is 0.338 e. The van der Waals surface area contributed by atoms with E-state index in [9.17, 15) is 4.39 Å².